The maximum Gasteiger partial charge on any atom is 0.120 e. The fraction of sp³-hybridized carbons (Fsp3) is 0.150. The van der Waals surface area contributed by atoms with E-state index >= 15 is 0 Å². The van der Waals surface area contributed by atoms with Crippen molar-refractivity contribution in [3.63, 3.8) is 0 Å². The van der Waals surface area contributed by atoms with Crippen molar-refractivity contribution < 1.29 is 25.9 Å². The third-order valence-electron chi connectivity index (χ3n) is 7.61. The number of nitrogens with zero attached hydrogens (tertiary/aromatic N) is 2. The van der Waals surface area contributed by atoms with Crippen LogP contribution in [0.2, 0.25) is 0 Å². The van der Waals surface area contributed by atoms with Crippen molar-refractivity contribution in [2.24, 2.45) is 0 Å². The van der Waals surface area contributed by atoms with E-state index in [1.165, 1.54) is 5.56 Å². The molecule has 0 saturated heterocycles. The SMILES string of the molecule is CC(C)(C)c1ccnc(-c2[c-]ccc3c2oc2ccccc23)c1.[2H]C(C)(c1c[c-]c(-c2ccccn2)cc1)c1ccccc1.[Ir]. The van der Waals surface area contributed by atoms with Crippen molar-refractivity contribution in [3.8, 4) is 22.5 Å². The smallest absolute Gasteiger partial charge is 0.120 e. The van der Waals surface area contributed by atoms with Gasteiger partial charge in [-0.1, -0.05) is 105 Å². The van der Waals surface area contributed by atoms with Crippen LogP contribution < -0.4 is 0 Å². The number of pyridine rings is 2. The molecule has 0 amide bonds. The van der Waals surface area contributed by atoms with Gasteiger partial charge < -0.3 is 14.4 Å². The maximum absolute atomic E-state index is 8.65. The average molecular weight is 752 g/mol. The molecule has 4 heteroatoms. The minimum absolute atomic E-state index is 0. The molecule has 1 unspecified atom stereocenters. The van der Waals surface area contributed by atoms with E-state index < -0.39 is 5.89 Å². The minimum Gasteiger partial charge on any atom is -0.501 e. The van der Waals surface area contributed by atoms with E-state index in [0.717, 1.165) is 55.6 Å². The topological polar surface area (TPSA) is 38.9 Å². The molecule has 0 aliphatic carbocycles. The van der Waals surface area contributed by atoms with Gasteiger partial charge in [0.05, 0.1) is 5.58 Å². The van der Waals surface area contributed by atoms with Crippen molar-refractivity contribution in [2.45, 2.75) is 39.0 Å². The van der Waals surface area contributed by atoms with Gasteiger partial charge in [-0.2, -0.15) is 0 Å². The summed E-state index contributed by atoms with van der Waals surface area (Å²) in [5, 5.41) is 2.24. The van der Waals surface area contributed by atoms with Crippen LogP contribution in [0.5, 0.6) is 0 Å². The van der Waals surface area contributed by atoms with Crippen LogP contribution in [-0.4, -0.2) is 9.97 Å². The molecule has 0 aliphatic heterocycles. The third-order valence-corrected chi connectivity index (χ3v) is 7.61. The van der Waals surface area contributed by atoms with Gasteiger partial charge in [0.1, 0.15) is 5.58 Å². The molecule has 0 N–H and O–H groups in total. The molecule has 4 aromatic carbocycles. The molecule has 0 bridgehead atoms. The summed E-state index contributed by atoms with van der Waals surface area (Å²) < 4.78 is 14.7. The number of hydrogen-bond donors (Lipinski definition) is 0. The predicted molar refractivity (Wildman–Crippen MR) is 177 cm³/mol. The number of para-hydroxylation sites is 1. The normalized spacial score (nSPS) is 12.9. The monoisotopic (exact) mass is 752 g/mol. The zero-order chi connectivity index (χ0) is 30.7. The van der Waals surface area contributed by atoms with Crippen LogP contribution in [0.3, 0.4) is 0 Å². The summed E-state index contributed by atoms with van der Waals surface area (Å²) in [5.41, 5.74) is 8.66. The Bertz CT molecular complexity index is 2010. The molecule has 0 spiro atoms. The summed E-state index contributed by atoms with van der Waals surface area (Å²) in [4.78, 5) is 8.87. The molecule has 7 aromatic rings. The second kappa shape index (κ2) is 13.5. The Labute approximate surface area is 274 Å². The van der Waals surface area contributed by atoms with E-state index in [1.807, 2.05) is 104 Å². The molecule has 3 heterocycles. The average Bonchev–Trinajstić information content (AvgIpc) is 3.45. The molecule has 1 atom stereocenters. The Morgan fingerprint density at radius 2 is 1.48 bits per heavy atom. The second-order valence-electron chi connectivity index (χ2n) is 11.6. The van der Waals surface area contributed by atoms with Gasteiger partial charge in [0.2, 0.25) is 0 Å². The predicted octanol–water partition coefficient (Wildman–Crippen LogP) is 10.4. The van der Waals surface area contributed by atoms with Gasteiger partial charge in [-0.25, -0.2) is 0 Å². The van der Waals surface area contributed by atoms with Crippen molar-refractivity contribution >= 4 is 21.9 Å². The molecular weight excluding hydrogens is 717 g/mol. The first-order valence-electron chi connectivity index (χ1n) is 15.0. The van der Waals surface area contributed by atoms with Crippen LogP contribution in [0.15, 0.2) is 132 Å². The first-order chi connectivity index (χ1) is 21.2. The van der Waals surface area contributed by atoms with E-state index in [-0.39, 0.29) is 25.5 Å². The minimum atomic E-state index is -0.777. The number of benzene rings is 4. The van der Waals surface area contributed by atoms with Gasteiger partial charge in [0.15, 0.2) is 0 Å². The zero-order valence-corrected chi connectivity index (χ0v) is 27.7. The van der Waals surface area contributed by atoms with Gasteiger partial charge in [0.25, 0.3) is 0 Å². The maximum atomic E-state index is 8.65. The largest absolute Gasteiger partial charge is 0.501 e. The summed E-state index contributed by atoms with van der Waals surface area (Å²) in [6, 6.07) is 44.4. The van der Waals surface area contributed by atoms with E-state index in [2.05, 4.69) is 67.1 Å². The van der Waals surface area contributed by atoms with Crippen LogP contribution in [0.25, 0.3) is 44.5 Å². The number of fused-ring (bicyclic) bond motifs is 3. The van der Waals surface area contributed by atoms with Crippen molar-refractivity contribution in [1.29, 1.82) is 0 Å². The van der Waals surface area contributed by atoms with Crippen molar-refractivity contribution in [3.05, 3.63) is 156 Å². The molecule has 221 valence electrons. The van der Waals surface area contributed by atoms with Crippen LogP contribution in [-0.2, 0) is 25.5 Å². The summed E-state index contributed by atoms with van der Waals surface area (Å²) in [6.45, 7) is 8.53. The standard InChI is InChI=1S/C21H18NO.C19H16N.Ir/c1-21(2,3)14-11-12-22-18(13-14)17-9-6-8-16-15-7-4-5-10-19(15)23-20(16)17;1-15(16-7-3-2-4-8-16)17-10-12-18(13-11-17)19-9-5-6-14-20-19;/h4-8,10-13H,1-3H3;2-12,14-15H,1H3;/q2*-1;/i;15D;. The summed E-state index contributed by atoms with van der Waals surface area (Å²) in [5.74, 6) is -0.777. The summed E-state index contributed by atoms with van der Waals surface area (Å²) in [7, 11) is 0. The number of rotatable bonds is 4. The number of hydrogen-bond acceptors (Lipinski definition) is 3. The molecule has 0 fully saturated rings. The van der Waals surface area contributed by atoms with Crippen molar-refractivity contribution in [1.82, 2.24) is 9.97 Å². The Morgan fingerprint density at radius 1 is 0.727 bits per heavy atom. The molecule has 0 aliphatic rings. The van der Waals surface area contributed by atoms with E-state index in [1.54, 1.807) is 6.20 Å². The zero-order valence-electron chi connectivity index (χ0n) is 26.3. The van der Waals surface area contributed by atoms with Crippen LogP contribution in [0, 0.1) is 12.1 Å². The van der Waals surface area contributed by atoms with Gasteiger partial charge in [-0.15, -0.1) is 53.6 Å². The Balaban J connectivity index is 0.000000175. The first-order valence-corrected chi connectivity index (χ1v) is 14.5. The summed E-state index contributed by atoms with van der Waals surface area (Å²) in [6.07, 6.45) is 3.64. The number of aromatic nitrogens is 2. The fourth-order valence-electron chi connectivity index (χ4n) is 5.11. The number of furan rings is 1. The van der Waals surface area contributed by atoms with Crippen LogP contribution in [0.4, 0.5) is 0 Å². The van der Waals surface area contributed by atoms with Crippen LogP contribution >= 0.6 is 0 Å². The Morgan fingerprint density at radius 3 is 2.20 bits per heavy atom. The van der Waals surface area contributed by atoms with E-state index in [9.17, 15) is 0 Å². The van der Waals surface area contributed by atoms with Gasteiger partial charge >= 0.3 is 0 Å². The third kappa shape index (κ3) is 6.73. The molecule has 3 nitrogen and oxygen atoms in total. The van der Waals surface area contributed by atoms with Crippen LogP contribution in [0.1, 0.15) is 51.7 Å². The molecule has 3 aromatic heterocycles. The van der Waals surface area contributed by atoms with Crippen molar-refractivity contribution in [2.75, 3.05) is 0 Å². The quantitative estimate of drug-likeness (QED) is 0.168. The Hall–Kier alpha value is -4.37. The molecule has 7 rings (SSSR count). The fourth-order valence-corrected chi connectivity index (χ4v) is 5.11. The van der Waals surface area contributed by atoms with Gasteiger partial charge in [-0.3, -0.25) is 0 Å². The second-order valence-corrected chi connectivity index (χ2v) is 11.6. The molecule has 0 saturated carbocycles. The first kappa shape index (κ1) is 29.7. The van der Waals surface area contributed by atoms with Gasteiger partial charge in [0, 0.05) is 39.3 Å². The molecule has 44 heavy (non-hydrogen) atoms. The van der Waals surface area contributed by atoms with E-state index in [0.29, 0.717) is 0 Å². The van der Waals surface area contributed by atoms with E-state index in [4.69, 9.17) is 5.79 Å². The summed E-state index contributed by atoms with van der Waals surface area (Å²) >= 11 is 0. The molecule has 1 radical (unpaired) electrons. The molecular formula is C40H34IrN2O-2. The van der Waals surface area contributed by atoms with Gasteiger partial charge in [-0.05, 0) is 52.0 Å². The Kier molecular flexibility index (Phi) is 9.12.